The molecule has 1 heterocycles. The molecule has 0 N–H and O–H groups in total. The van der Waals surface area contributed by atoms with Gasteiger partial charge in [0.15, 0.2) is 0 Å². The van der Waals surface area contributed by atoms with E-state index in [2.05, 4.69) is 0 Å². The first kappa shape index (κ1) is 19.7. The molecule has 0 saturated heterocycles. The molecular weight excluding hydrogens is 368 g/mol. The first-order valence-corrected chi connectivity index (χ1v) is 11.8. The minimum atomic E-state index is -3.60. The van der Waals surface area contributed by atoms with Crippen molar-refractivity contribution in [1.29, 1.82) is 0 Å². The van der Waals surface area contributed by atoms with Crippen LogP contribution in [0.15, 0.2) is 28.0 Å². The number of anilines is 1. The van der Waals surface area contributed by atoms with Crippen LogP contribution in [0.1, 0.15) is 52.9 Å². The molecule has 0 aromatic heterocycles. The molecule has 0 radical (unpaired) electrons. The fourth-order valence-corrected chi connectivity index (χ4v) is 6.92. The van der Waals surface area contributed by atoms with Crippen LogP contribution in [-0.2, 0) is 14.8 Å². The minimum Gasteiger partial charge on any atom is -0.311 e. The topological polar surface area (TPSA) is 57.7 Å². The second-order valence-corrected chi connectivity index (χ2v) is 10.3. The van der Waals surface area contributed by atoms with Gasteiger partial charge in [-0.2, -0.15) is 4.31 Å². The number of carbonyl (C=O) groups is 1. The van der Waals surface area contributed by atoms with Gasteiger partial charge in [0.1, 0.15) is 0 Å². The average molecular weight is 397 g/mol. The standard InChI is InChI=1S/C19H28N2O3S2/c1-14(2)21(16-7-5-4-6-8-16)26(23,24)17-9-10-19-18(13-17)20(15(3)22)11-12-25-19/h9-10,13-14,16H,4-8,11-12H2,1-3H3. The molecule has 0 bridgehead atoms. The van der Waals surface area contributed by atoms with Gasteiger partial charge in [-0.15, -0.1) is 11.8 Å². The number of carbonyl (C=O) groups excluding carboxylic acids is 1. The maximum Gasteiger partial charge on any atom is 0.243 e. The number of fused-ring (bicyclic) bond motifs is 1. The molecule has 1 amide bonds. The summed E-state index contributed by atoms with van der Waals surface area (Å²) in [5, 5.41) is 0. The molecule has 5 nitrogen and oxygen atoms in total. The molecule has 1 aliphatic heterocycles. The number of rotatable bonds is 4. The summed E-state index contributed by atoms with van der Waals surface area (Å²) in [6, 6.07) is 5.22. The quantitative estimate of drug-likeness (QED) is 0.775. The van der Waals surface area contributed by atoms with Crippen molar-refractivity contribution in [2.24, 2.45) is 0 Å². The van der Waals surface area contributed by atoms with Crippen LogP contribution < -0.4 is 4.90 Å². The summed E-state index contributed by atoms with van der Waals surface area (Å²) in [6.07, 6.45) is 5.21. The van der Waals surface area contributed by atoms with Crippen LogP contribution >= 0.6 is 11.8 Å². The van der Waals surface area contributed by atoms with E-state index in [1.807, 2.05) is 19.9 Å². The number of nitrogens with zero attached hydrogens (tertiary/aromatic N) is 2. The van der Waals surface area contributed by atoms with Crippen LogP contribution in [0, 0.1) is 0 Å². The Labute approximate surface area is 161 Å². The Balaban J connectivity index is 2.00. The Kier molecular flexibility index (Phi) is 5.99. The molecule has 1 saturated carbocycles. The fraction of sp³-hybridized carbons (Fsp3) is 0.632. The monoisotopic (exact) mass is 396 g/mol. The molecule has 3 rings (SSSR count). The van der Waals surface area contributed by atoms with Crippen molar-refractivity contribution in [2.75, 3.05) is 17.2 Å². The van der Waals surface area contributed by atoms with E-state index in [-0.39, 0.29) is 18.0 Å². The molecule has 1 fully saturated rings. The number of hydrogen-bond acceptors (Lipinski definition) is 4. The third-order valence-electron chi connectivity index (χ3n) is 5.19. The van der Waals surface area contributed by atoms with Gasteiger partial charge in [0.25, 0.3) is 0 Å². The van der Waals surface area contributed by atoms with Crippen LogP contribution in [0.2, 0.25) is 0 Å². The summed E-state index contributed by atoms with van der Waals surface area (Å²) in [4.78, 5) is 14.9. The third kappa shape index (κ3) is 3.80. The molecule has 0 atom stereocenters. The summed E-state index contributed by atoms with van der Waals surface area (Å²) in [5.41, 5.74) is 0.724. The van der Waals surface area contributed by atoms with E-state index in [9.17, 15) is 13.2 Å². The smallest absolute Gasteiger partial charge is 0.243 e. The van der Waals surface area contributed by atoms with Crippen molar-refractivity contribution in [2.45, 2.75) is 74.7 Å². The molecule has 1 aromatic carbocycles. The second-order valence-electron chi connectivity index (χ2n) is 7.37. The van der Waals surface area contributed by atoms with Crippen molar-refractivity contribution >= 4 is 33.4 Å². The van der Waals surface area contributed by atoms with E-state index in [0.29, 0.717) is 11.4 Å². The Morgan fingerprint density at radius 2 is 1.92 bits per heavy atom. The normalized spacial score (nSPS) is 19.0. The minimum absolute atomic E-state index is 0.0471. The van der Waals surface area contributed by atoms with Gasteiger partial charge < -0.3 is 4.90 Å². The highest BCUT2D eigenvalue weighted by molar-refractivity contribution is 7.99. The Bertz CT molecular complexity index is 771. The number of thioether (sulfide) groups is 1. The van der Waals surface area contributed by atoms with E-state index in [4.69, 9.17) is 0 Å². The molecule has 7 heteroatoms. The zero-order chi connectivity index (χ0) is 18.9. The maximum absolute atomic E-state index is 13.5. The summed E-state index contributed by atoms with van der Waals surface area (Å²) >= 11 is 1.67. The van der Waals surface area contributed by atoms with Crippen LogP contribution in [0.25, 0.3) is 0 Å². The summed E-state index contributed by atoms with van der Waals surface area (Å²) in [7, 11) is -3.60. The Morgan fingerprint density at radius 3 is 2.54 bits per heavy atom. The molecule has 26 heavy (non-hydrogen) atoms. The molecule has 0 unspecified atom stereocenters. The van der Waals surface area contributed by atoms with E-state index in [1.54, 1.807) is 33.1 Å². The van der Waals surface area contributed by atoms with Gasteiger partial charge in [0.2, 0.25) is 15.9 Å². The highest BCUT2D eigenvalue weighted by Crippen LogP contribution is 2.38. The second kappa shape index (κ2) is 7.90. The predicted molar refractivity (Wildman–Crippen MR) is 106 cm³/mol. The first-order valence-electron chi connectivity index (χ1n) is 9.41. The zero-order valence-corrected chi connectivity index (χ0v) is 17.4. The van der Waals surface area contributed by atoms with Crippen molar-refractivity contribution in [3.05, 3.63) is 18.2 Å². The molecule has 2 aliphatic rings. The van der Waals surface area contributed by atoms with E-state index in [0.717, 1.165) is 42.0 Å². The van der Waals surface area contributed by atoms with Crippen molar-refractivity contribution < 1.29 is 13.2 Å². The van der Waals surface area contributed by atoms with Gasteiger partial charge in [-0.05, 0) is 44.9 Å². The van der Waals surface area contributed by atoms with E-state index < -0.39 is 10.0 Å². The fourth-order valence-electron chi connectivity index (χ4n) is 4.04. The largest absolute Gasteiger partial charge is 0.311 e. The summed E-state index contributed by atoms with van der Waals surface area (Å²) in [5.74, 6) is 0.785. The molecule has 144 valence electrons. The first-order chi connectivity index (χ1) is 12.3. The number of sulfonamides is 1. The van der Waals surface area contributed by atoms with Crippen LogP contribution in [0.4, 0.5) is 5.69 Å². The van der Waals surface area contributed by atoms with E-state index in [1.165, 1.54) is 13.3 Å². The lowest BCUT2D eigenvalue weighted by molar-refractivity contribution is -0.116. The maximum atomic E-state index is 13.5. The highest BCUT2D eigenvalue weighted by Gasteiger charge is 2.35. The predicted octanol–water partition coefficient (Wildman–Crippen LogP) is 3.88. The lowest BCUT2D eigenvalue weighted by Gasteiger charge is -2.36. The lowest BCUT2D eigenvalue weighted by Crippen LogP contribution is -2.45. The highest BCUT2D eigenvalue weighted by atomic mass is 32.2. The van der Waals surface area contributed by atoms with Crippen molar-refractivity contribution in [3.63, 3.8) is 0 Å². The number of amides is 1. The van der Waals surface area contributed by atoms with Gasteiger partial charge in [0.05, 0.1) is 10.6 Å². The average Bonchev–Trinajstić information content (AvgIpc) is 2.61. The lowest BCUT2D eigenvalue weighted by atomic mass is 9.95. The van der Waals surface area contributed by atoms with Gasteiger partial charge in [0, 0.05) is 36.2 Å². The third-order valence-corrected chi connectivity index (χ3v) is 8.36. The summed E-state index contributed by atoms with van der Waals surface area (Å²) in [6.45, 7) is 6.04. The van der Waals surface area contributed by atoms with Crippen LogP contribution in [0.3, 0.4) is 0 Å². The van der Waals surface area contributed by atoms with Gasteiger partial charge in [-0.3, -0.25) is 4.79 Å². The number of hydrogen-bond donors (Lipinski definition) is 0. The molecular formula is C19H28N2O3S2. The molecule has 1 aliphatic carbocycles. The molecule has 1 aromatic rings. The van der Waals surface area contributed by atoms with Crippen molar-refractivity contribution in [1.82, 2.24) is 4.31 Å². The number of benzene rings is 1. The van der Waals surface area contributed by atoms with Gasteiger partial charge >= 0.3 is 0 Å². The molecule has 0 spiro atoms. The van der Waals surface area contributed by atoms with Crippen molar-refractivity contribution in [3.8, 4) is 0 Å². The van der Waals surface area contributed by atoms with Crippen LogP contribution in [-0.4, -0.2) is 43.0 Å². The van der Waals surface area contributed by atoms with Crippen LogP contribution in [0.5, 0.6) is 0 Å². The zero-order valence-electron chi connectivity index (χ0n) is 15.8. The Morgan fingerprint density at radius 1 is 1.23 bits per heavy atom. The SMILES string of the molecule is CC(=O)N1CCSc2ccc(S(=O)(=O)N(C(C)C)C3CCCCC3)cc21. The van der Waals surface area contributed by atoms with Gasteiger partial charge in [-0.25, -0.2) is 8.42 Å². The summed E-state index contributed by atoms with van der Waals surface area (Å²) < 4.78 is 28.6. The van der Waals surface area contributed by atoms with E-state index >= 15 is 0 Å². The Hall–Kier alpha value is -1.05. The van der Waals surface area contributed by atoms with Gasteiger partial charge in [-0.1, -0.05) is 19.3 Å².